The van der Waals surface area contributed by atoms with Gasteiger partial charge in [-0.05, 0) is 93.0 Å². The van der Waals surface area contributed by atoms with Gasteiger partial charge in [-0.1, -0.05) is 60.7 Å². The predicted octanol–water partition coefficient (Wildman–Crippen LogP) is 6.17. The Morgan fingerprint density at radius 3 is 1.12 bits per heavy atom. The normalized spacial score (nSPS) is 12.9. The van der Waals surface area contributed by atoms with E-state index in [1.165, 1.54) is 0 Å². The van der Waals surface area contributed by atoms with Gasteiger partial charge in [0.2, 0.25) is 0 Å². The van der Waals surface area contributed by atoms with Crippen molar-refractivity contribution in [1.29, 1.82) is 0 Å². The van der Waals surface area contributed by atoms with E-state index in [2.05, 4.69) is 0 Å². The van der Waals surface area contributed by atoms with Crippen LogP contribution < -0.4 is 10.5 Å². The topological polar surface area (TPSA) is 222 Å². The molecule has 0 saturated carbocycles. The second-order valence-electron chi connectivity index (χ2n) is 13.6. The number of phenols is 3. The van der Waals surface area contributed by atoms with Gasteiger partial charge in [-0.15, -0.1) is 0 Å². The molecule has 0 atom stereocenters. The third kappa shape index (κ3) is 7.95. The monoisotopic (exact) mass is 793 g/mol. The third-order valence-electron chi connectivity index (χ3n) is 9.69. The van der Waals surface area contributed by atoms with E-state index in [4.69, 9.17) is 10.5 Å². The molecule has 0 fully saturated rings. The molecule has 0 saturated heterocycles. The maximum atomic E-state index is 12.7. The molecule has 6 aromatic rings. The maximum Gasteiger partial charge on any atom is 0.294 e. The Morgan fingerprint density at radius 2 is 0.804 bits per heavy atom. The number of rotatable bonds is 7. The number of amides is 1. The number of carbonyl (C=O) groups excluding carboxylic acids is 1. The van der Waals surface area contributed by atoms with Gasteiger partial charge < -0.3 is 25.8 Å². The third-order valence-corrected chi connectivity index (χ3v) is 11.3. The van der Waals surface area contributed by atoms with Gasteiger partial charge in [-0.2, -0.15) is 16.8 Å². The summed E-state index contributed by atoms with van der Waals surface area (Å²) in [4.78, 5) is 11.0. The molecule has 1 amide bonds. The first-order valence-electron chi connectivity index (χ1n) is 17.2. The number of hydrogen-bond acceptors (Lipinski definition) is 9. The first-order valence-corrected chi connectivity index (χ1v) is 20.1. The molecule has 6 aromatic carbocycles. The quantitative estimate of drug-likeness (QED) is 0.100. The molecule has 56 heavy (non-hydrogen) atoms. The second kappa shape index (κ2) is 14.8. The summed E-state index contributed by atoms with van der Waals surface area (Å²) in [6, 6.07) is 29.3. The minimum Gasteiger partial charge on any atom is -0.507 e. The first-order chi connectivity index (χ1) is 26.5. The number of carbonyl (C=O) groups is 1. The largest absolute Gasteiger partial charge is 0.507 e. The highest BCUT2D eigenvalue weighted by Gasteiger charge is 2.26. The molecule has 0 radical (unpaired) electrons. The Morgan fingerprint density at radius 1 is 0.500 bits per heavy atom. The van der Waals surface area contributed by atoms with Crippen molar-refractivity contribution < 1.29 is 50.8 Å². The Bertz CT molecular complexity index is 2620. The number of primary amides is 1. The SMILES string of the molecule is NC(=O)COc1c2cc(-c3ccccc3)cc1Cc1cc(S(=O)(=O)O)cc(c1O)Cc1cc(-c3ccccc3)cc(c1O)Cc1cc(S(=O)(=O)O)cc(c1O)C2. The lowest BCUT2D eigenvalue weighted by Crippen LogP contribution is -2.21. The van der Waals surface area contributed by atoms with E-state index in [0.29, 0.717) is 22.3 Å². The molecule has 0 heterocycles. The summed E-state index contributed by atoms with van der Waals surface area (Å²) < 4.78 is 77.2. The summed E-state index contributed by atoms with van der Waals surface area (Å²) in [5.74, 6) is -1.70. The van der Waals surface area contributed by atoms with Gasteiger partial charge in [-0.25, -0.2) is 0 Å². The van der Waals surface area contributed by atoms with Crippen molar-refractivity contribution in [2.45, 2.75) is 35.5 Å². The Hall–Kier alpha value is -6.19. The van der Waals surface area contributed by atoms with Crippen molar-refractivity contribution in [3.8, 4) is 45.3 Å². The number of nitrogens with two attached hydrogens (primary N) is 1. The van der Waals surface area contributed by atoms with E-state index in [1.807, 2.05) is 36.4 Å². The lowest BCUT2D eigenvalue weighted by atomic mass is 9.88. The smallest absolute Gasteiger partial charge is 0.294 e. The van der Waals surface area contributed by atoms with E-state index in [-0.39, 0.29) is 82.1 Å². The van der Waals surface area contributed by atoms with E-state index in [1.54, 1.807) is 48.5 Å². The van der Waals surface area contributed by atoms with Crippen LogP contribution in [0.2, 0.25) is 0 Å². The van der Waals surface area contributed by atoms with Crippen molar-refractivity contribution in [3.63, 3.8) is 0 Å². The van der Waals surface area contributed by atoms with Crippen LogP contribution in [0.15, 0.2) is 119 Å². The second-order valence-corrected chi connectivity index (χ2v) is 16.4. The molecule has 1 aliphatic carbocycles. The van der Waals surface area contributed by atoms with Crippen LogP contribution in [0.3, 0.4) is 0 Å². The Kier molecular flexibility index (Phi) is 10.1. The molecule has 7 rings (SSSR count). The lowest BCUT2D eigenvalue weighted by molar-refractivity contribution is -0.119. The molecule has 7 N–H and O–H groups in total. The minimum absolute atomic E-state index is 0.0335. The standard InChI is InChI=1S/C42H35NO11S2/c43-38(44)23-54-42-34-13-27(25-9-5-2-6-10-25)14-35(42)18-33-22-37(56(51,52)53)20-31(41(33)47)16-29-12-26(24-7-3-1-4-8-24)11-28(39(29)45)15-30-19-36(55(48,49)50)21-32(17-34)40(30)46/h1-14,19-22,45-47H,15-18,23H2,(H2,43,44)(H,48,49,50)(H,51,52,53). The van der Waals surface area contributed by atoms with Crippen LogP contribution in [0, 0.1) is 0 Å². The van der Waals surface area contributed by atoms with Crippen LogP contribution in [0.1, 0.15) is 44.5 Å². The van der Waals surface area contributed by atoms with Crippen LogP contribution in [-0.4, -0.2) is 53.8 Å². The van der Waals surface area contributed by atoms with Gasteiger partial charge in [0.25, 0.3) is 26.1 Å². The highest BCUT2D eigenvalue weighted by molar-refractivity contribution is 7.86. The van der Waals surface area contributed by atoms with Crippen molar-refractivity contribution >= 4 is 26.1 Å². The van der Waals surface area contributed by atoms with Crippen molar-refractivity contribution in [3.05, 3.63) is 154 Å². The summed E-state index contributed by atoms with van der Waals surface area (Å²) in [5, 5.41) is 35.5. The number of phenolic OH excluding ortho intramolecular Hbond substituents is 3. The maximum absolute atomic E-state index is 12.7. The zero-order chi connectivity index (χ0) is 39.9. The van der Waals surface area contributed by atoms with Gasteiger partial charge >= 0.3 is 0 Å². The number of aromatic hydroxyl groups is 3. The van der Waals surface area contributed by atoms with E-state index < -0.39 is 42.5 Å². The Balaban J connectivity index is 1.57. The number of hydrogen-bond donors (Lipinski definition) is 6. The molecule has 14 heteroatoms. The molecule has 1 aliphatic rings. The van der Waals surface area contributed by atoms with Gasteiger partial charge in [0, 0.05) is 47.9 Å². The van der Waals surface area contributed by atoms with E-state index in [9.17, 15) is 46.1 Å². The van der Waals surface area contributed by atoms with Gasteiger partial charge in [0.05, 0.1) is 9.79 Å². The molecule has 0 aromatic heterocycles. The Labute approximate surface area is 322 Å². The van der Waals surface area contributed by atoms with Crippen LogP contribution in [0.25, 0.3) is 22.3 Å². The number of benzene rings is 6. The van der Waals surface area contributed by atoms with Gasteiger partial charge in [-0.3, -0.25) is 13.9 Å². The summed E-state index contributed by atoms with van der Waals surface area (Å²) in [7, 11) is -9.66. The zero-order valence-electron chi connectivity index (χ0n) is 29.5. The fourth-order valence-electron chi connectivity index (χ4n) is 7.08. The predicted molar refractivity (Wildman–Crippen MR) is 207 cm³/mol. The van der Waals surface area contributed by atoms with Crippen LogP contribution in [0.4, 0.5) is 0 Å². The number of fused-ring (bicyclic) bond motifs is 8. The van der Waals surface area contributed by atoms with Crippen LogP contribution >= 0.6 is 0 Å². The average molecular weight is 794 g/mol. The van der Waals surface area contributed by atoms with E-state index >= 15 is 0 Å². The van der Waals surface area contributed by atoms with Crippen LogP contribution in [0.5, 0.6) is 23.0 Å². The highest BCUT2D eigenvalue weighted by Crippen LogP contribution is 2.42. The molecule has 286 valence electrons. The summed E-state index contributed by atoms with van der Waals surface area (Å²) in [6.07, 6.45) is -0.949. The summed E-state index contributed by atoms with van der Waals surface area (Å²) in [5.41, 5.74) is 9.40. The van der Waals surface area contributed by atoms with Gasteiger partial charge in [0.15, 0.2) is 6.61 Å². The molecule has 0 aliphatic heterocycles. The fraction of sp³-hybridized carbons (Fsp3) is 0.119. The average Bonchev–Trinajstić information content (AvgIpc) is 3.15. The van der Waals surface area contributed by atoms with Crippen LogP contribution in [-0.2, 0) is 50.7 Å². The lowest BCUT2D eigenvalue weighted by Gasteiger charge is -2.21. The minimum atomic E-state index is -4.83. The summed E-state index contributed by atoms with van der Waals surface area (Å²) in [6.45, 7) is -0.604. The zero-order valence-corrected chi connectivity index (χ0v) is 31.1. The molecule has 8 bridgehead atoms. The first kappa shape index (κ1) is 38.1. The molecular formula is C42H35NO11S2. The fourth-order valence-corrected chi connectivity index (χ4v) is 8.25. The van der Waals surface area contributed by atoms with Crippen molar-refractivity contribution in [2.24, 2.45) is 5.73 Å². The highest BCUT2D eigenvalue weighted by atomic mass is 32.2. The summed E-state index contributed by atoms with van der Waals surface area (Å²) >= 11 is 0. The van der Waals surface area contributed by atoms with Gasteiger partial charge in [0.1, 0.15) is 23.0 Å². The van der Waals surface area contributed by atoms with E-state index in [0.717, 1.165) is 35.4 Å². The molecule has 12 nitrogen and oxygen atoms in total. The number of ether oxygens (including phenoxy) is 1. The molecular weight excluding hydrogens is 759 g/mol. The van der Waals surface area contributed by atoms with Crippen molar-refractivity contribution in [1.82, 2.24) is 0 Å². The molecule has 0 unspecified atom stereocenters. The van der Waals surface area contributed by atoms with Crippen molar-refractivity contribution in [2.75, 3.05) is 6.61 Å². The molecule has 0 spiro atoms.